The molecule has 4 nitrogen and oxygen atoms in total. The second kappa shape index (κ2) is 8.91. The fraction of sp³-hybridized carbons (Fsp3) is 0.348. The Hall–Kier alpha value is -2.82. The molecule has 0 aromatic heterocycles. The summed E-state index contributed by atoms with van der Waals surface area (Å²) in [5, 5.41) is 0. The first kappa shape index (κ1) is 19.9. The maximum absolute atomic E-state index is 14.6. The Morgan fingerprint density at radius 1 is 1.07 bits per heavy atom. The molecule has 2 aromatic carbocycles. The standard InChI is InChI=1S/C23H24FNO3/c1-16(26)9-12-22(27)25-13-5-8-19(15-25)23(28)18-10-11-20(21(24)14-18)17-6-3-2-4-7-17/h2-4,6-7,10-11,14,19H,5,8-9,12-13,15H2,1H3. The molecular weight excluding hydrogens is 357 g/mol. The fourth-order valence-electron chi connectivity index (χ4n) is 3.61. The van der Waals surface area contributed by atoms with E-state index in [2.05, 4.69) is 0 Å². The van der Waals surface area contributed by atoms with Gasteiger partial charge in [-0.05, 0) is 31.4 Å². The van der Waals surface area contributed by atoms with Crippen LogP contribution in [0.2, 0.25) is 0 Å². The summed E-state index contributed by atoms with van der Waals surface area (Å²) in [5.74, 6) is -1.02. The van der Waals surface area contributed by atoms with Crippen molar-refractivity contribution >= 4 is 17.5 Å². The number of hydrogen-bond acceptors (Lipinski definition) is 3. The smallest absolute Gasteiger partial charge is 0.223 e. The van der Waals surface area contributed by atoms with Crippen LogP contribution in [0.25, 0.3) is 11.1 Å². The summed E-state index contributed by atoms with van der Waals surface area (Å²) in [4.78, 5) is 37.9. The zero-order chi connectivity index (χ0) is 20.1. The molecule has 0 spiro atoms. The minimum Gasteiger partial charge on any atom is -0.342 e. The average Bonchev–Trinajstić information content (AvgIpc) is 2.72. The van der Waals surface area contributed by atoms with E-state index in [0.29, 0.717) is 30.6 Å². The molecular formula is C23H24FNO3. The molecule has 0 saturated carbocycles. The lowest BCUT2D eigenvalue weighted by atomic mass is 9.89. The number of hydrogen-bond donors (Lipinski definition) is 0. The quantitative estimate of drug-likeness (QED) is 0.702. The lowest BCUT2D eigenvalue weighted by molar-refractivity contribution is -0.134. The number of piperidine rings is 1. The minimum absolute atomic E-state index is 0.0213. The van der Waals surface area contributed by atoms with E-state index in [1.807, 2.05) is 30.3 Å². The van der Waals surface area contributed by atoms with Crippen molar-refractivity contribution in [3.8, 4) is 11.1 Å². The van der Waals surface area contributed by atoms with E-state index >= 15 is 0 Å². The van der Waals surface area contributed by atoms with E-state index < -0.39 is 5.82 Å². The van der Waals surface area contributed by atoms with Crippen LogP contribution in [0, 0.1) is 11.7 Å². The maximum atomic E-state index is 14.6. The molecule has 1 aliphatic rings. The van der Waals surface area contributed by atoms with Gasteiger partial charge in [0.15, 0.2) is 5.78 Å². The topological polar surface area (TPSA) is 54.5 Å². The van der Waals surface area contributed by atoms with Crippen molar-refractivity contribution in [1.82, 2.24) is 4.90 Å². The fourth-order valence-corrected chi connectivity index (χ4v) is 3.61. The third kappa shape index (κ3) is 4.71. The first-order chi connectivity index (χ1) is 13.5. The Labute approximate surface area is 164 Å². The molecule has 2 aromatic rings. The zero-order valence-corrected chi connectivity index (χ0v) is 16.0. The van der Waals surface area contributed by atoms with Crippen LogP contribution in [-0.2, 0) is 9.59 Å². The van der Waals surface area contributed by atoms with Crippen molar-refractivity contribution in [2.45, 2.75) is 32.6 Å². The Kier molecular flexibility index (Phi) is 6.34. The summed E-state index contributed by atoms with van der Waals surface area (Å²) < 4.78 is 14.6. The van der Waals surface area contributed by atoms with Crippen LogP contribution in [0.5, 0.6) is 0 Å². The molecule has 0 aliphatic carbocycles. The highest BCUT2D eigenvalue weighted by Crippen LogP contribution is 2.26. The third-order valence-corrected chi connectivity index (χ3v) is 5.17. The van der Waals surface area contributed by atoms with Gasteiger partial charge in [-0.1, -0.05) is 42.5 Å². The number of rotatable bonds is 6. The normalized spacial score (nSPS) is 16.6. The molecule has 1 saturated heterocycles. The number of carbonyl (C=O) groups is 3. The van der Waals surface area contributed by atoms with E-state index in [0.717, 1.165) is 12.0 Å². The van der Waals surface area contributed by atoms with Gasteiger partial charge >= 0.3 is 0 Å². The molecule has 1 fully saturated rings. The van der Waals surface area contributed by atoms with Crippen LogP contribution in [0.4, 0.5) is 4.39 Å². The van der Waals surface area contributed by atoms with Crippen LogP contribution in [-0.4, -0.2) is 35.5 Å². The molecule has 1 aliphatic heterocycles. The molecule has 5 heteroatoms. The average molecular weight is 381 g/mol. The monoisotopic (exact) mass is 381 g/mol. The van der Waals surface area contributed by atoms with Gasteiger partial charge in [0.2, 0.25) is 5.91 Å². The summed E-state index contributed by atoms with van der Waals surface area (Å²) in [7, 11) is 0. The van der Waals surface area contributed by atoms with Crippen molar-refractivity contribution in [2.24, 2.45) is 5.92 Å². The van der Waals surface area contributed by atoms with Gasteiger partial charge in [0.25, 0.3) is 0 Å². The Morgan fingerprint density at radius 3 is 2.50 bits per heavy atom. The van der Waals surface area contributed by atoms with Crippen molar-refractivity contribution in [2.75, 3.05) is 13.1 Å². The predicted molar refractivity (Wildman–Crippen MR) is 105 cm³/mol. The van der Waals surface area contributed by atoms with Gasteiger partial charge in [-0.3, -0.25) is 9.59 Å². The molecule has 28 heavy (non-hydrogen) atoms. The summed E-state index contributed by atoms with van der Waals surface area (Å²) in [6.45, 7) is 2.39. The molecule has 1 amide bonds. The Balaban J connectivity index is 1.70. The van der Waals surface area contributed by atoms with Crippen LogP contribution in [0.1, 0.15) is 43.0 Å². The highest BCUT2D eigenvalue weighted by Gasteiger charge is 2.29. The Bertz CT molecular complexity index is 879. The molecule has 3 rings (SSSR count). The van der Waals surface area contributed by atoms with Crippen LogP contribution in [0.15, 0.2) is 48.5 Å². The summed E-state index contributed by atoms with van der Waals surface area (Å²) in [6.07, 6.45) is 1.81. The number of amides is 1. The van der Waals surface area contributed by atoms with E-state index in [4.69, 9.17) is 0 Å². The second-order valence-corrected chi connectivity index (χ2v) is 7.31. The van der Waals surface area contributed by atoms with Gasteiger partial charge in [0, 0.05) is 43.0 Å². The number of carbonyl (C=O) groups excluding carboxylic acids is 3. The largest absolute Gasteiger partial charge is 0.342 e. The highest BCUT2D eigenvalue weighted by atomic mass is 19.1. The molecule has 1 unspecified atom stereocenters. The summed E-state index contributed by atoms with van der Waals surface area (Å²) in [6, 6.07) is 13.8. The van der Waals surface area contributed by atoms with Crippen molar-refractivity contribution < 1.29 is 18.8 Å². The van der Waals surface area contributed by atoms with Crippen LogP contribution < -0.4 is 0 Å². The number of likely N-dealkylation sites (tertiary alicyclic amines) is 1. The van der Waals surface area contributed by atoms with E-state index in [9.17, 15) is 18.8 Å². The first-order valence-electron chi connectivity index (χ1n) is 9.62. The van der Waals surface area contributed by atoms with Crippen LogP contribution >= 0.6 is 0 Å². The van der Waals surface area contributed by atoms with Crippen molar-refractivity contribution in [3.05, 3.63) is 59.9 Å². The number of halogens is 1. The van der Waals surface area contributed by atoms with Crippen LogP contribution in [0.3, 0.4) is 0 Å². The Morgan fingerprint density at radius 2 is 1.82 bits per heavy atom. The molecule has 146 valence electrons. The van der Waals surface area contributed by atoms with E-state index in [1.165, 1.54) is 13.0 Å². The second-order valence-electron chi connectivity index (χ2n) is 7.31. The summed E-state index contributed by atoms with van der Waals surface area (Å²) in [5.41, 5.74) is 1.56. The summed E-state index contributed by atoms with van der Waals surface area (Å²) >= 11 is 0. The first-order valence-corrected chi connectivity index (χ1v) is 9.62. The van der Waals surface area contributed by atoms with Gasteiger partial charge < -0.3 is 9.69 Å². The van der Waals surface area contributed by atoms with E-state index in [-0.39, 0.29) is 36.2 Å². The molecule has 0 radical (unpaired) electrons. The number of Topliss-reactive ketones (excluding diaryl/α,β-unsaturated/α-hetero) is 2. The maximum Gasteiger partial charge on any atom is 0.223 e. The highest BCUT2D eigenvalue weighted by molar-refractivity contribution is 5.99. The SMILES string of the molecule is CC(=O)CCC(=O)N1CCCC(C(=O)c2ccc(-c3ccccc3)c(F)c2)C1. The zero-order valence-electron chi connectivity index (χ0n) is 16.0. The lowest BCUT2D eigenvalue weighted by Gasteiger charge is -2.32. The van der Waals surface area contributed by atoms with Gasteiger partial charge in [0.05, 0.1) is 0 Å². The van der Waals surface area contributed by atoms with Gasteiger partial charge in [-0.15, -0.1) is 0 Å². The predicted octanol–water partition coefficient (Wildman–Crippen LogP) is 4.28. The molecule has 1 atom stereocenters. The third-order valence-electron chi connectivity index (χ3n) is 5.17. The van der Waals surface area contributed by atoms with Gasteiger partial charge in [-0.25, -0.2) is 4.39 Å². The van der Waals surface area contributed by atoms with E-state index in [1.54, 1.807) is 17.0 Å². The van der Waals surface area contributed by atoms with Crippen molar-refractivity contribution in [3.63, 3.8) is 0 Å². The number of ketones is 2. The number of nitrogens with zero attached hydrogens (tertiary/aromatic N) is 1. The number of benzene rings is 2. The molecule has 0 N–H and O–H groups in total. The van der Waals surface area contributed by atoms with Gasteiger partial charge in [0.1, 0.15) is 11.6 Å². The van der Waals surface area contributed by atoms with Crippen molar-refractivity contribution in [1.29, 1.82) is 0 Å². The molecule has 0 bridgehead atoms. The minimum atomic E-state index is -0.428. The van der Waals surface area contributed by atoms with Gasteiger partial charge in [-0.2, -0.15) is 0 Å². The lowest BCUT2D eigenvalue weighted by Crippen LogP contribution is -2.42. The molecule has 1 heterocycles.